The molecule has 0 radical (unpaired) electrons. The van der Waals surface area contributed by atoms with E-state index in [0.29, 0.717) is 27.7 Å². The van der Waals surface area contributed by atoms with Crippen LogP contribution in [0.3, 0.4) is 0 Å². The third kappa shape index (κ3) is 2.91. The number of anilines is 1. The summed E-state index contributed by atoms with van der Waals surface area (Å²) in [4.78, 5) is 16.6. The van der Waals surface area contributed by atoms with Crippen LogP contribution < -0.4 is 10.1 Å². The predicted octanol–water partition coefficient (Wildman–Crippen LogP) is 3.61. The number of carbonyl (C=O) groups excluding carboxylic acids is 1. The molecule has 20 heavy (non-hydrogen) atoms. The van der Waals surface area contributed by atoms with Crippen molar-refractivity contribution in [3.05, 3.63) is 52.3 Å². The average Bonchev–Trinajstić information content (AvgIpc) is 2.38. The third-order valence-electron chi connectivity index (χ3n) is 2.89. The zero-order chi connectivity index (χ0) is 14.7. The monoisotopic (exact) mass is 290 g/mol. The highest BCUT2D eigenvalue weighted by Crippen LogP contribution is 2.32. The SMILES string of the molecule is COc1c(Cl)cccc1NC(=O)c1ccc(C)nc1C. The van der Waals surface area contributed by atoms with E-state index in [4.69, 9.17) is 16.3 Å². The van der Waals surface area contributed by atoms with Crippen molar-refractivity contribution in [1.29, 1.82) is 0 Å². The van der Waals surface area contributed by atoms with Crippen LogP contribution in [0.4, 0.5) is 5.69 Å². The van der Waals surface area contributed by atoms with E-state index in [1.54, 1.807) is 37.3 Å². The first-order valence-electron chi connectivity index (χ1n) is 6.11. The smallest absolute Gasteiger partial charge is 0.257 e. The van der Waals surface area contributed by atoms with E-state index in [-0.39, 0.29) is 5.91 Å². The fourth-order valence-electron chi connectivity index (χ4n) is 1.93. The van der Waals surface area contributed by atoms with Gasteiger partial charge < -0.3 is 10.1 Å². The maximum Gasteiger partial charge on any atom is 0.257 e. The van der Waals surface area contributed by atoms with Crippen molar-refractivity contribution >= 4 is 23.2 Å². The second-order valence-corrected chi connectivity index (χ2v) is 4.77. The Balaban J connectivity index is 2.30. The lowest BCUT2D eigenvalue weighted by molar-refractivity contribution is 0.102. The van der Waals surface area contributed by atoms with Crippen molar-refractivity contribution in [3.63, 3.8) is 0 Å². The number of ether oxygens (including phenoxy) is 1. The van der Waals surface area contributed by atoms with Gasteiger partial charge in [-0.15, -0.1) is 0 Å². The Labute approximate surface area is 122 Å². The minimum Gasteiger partial charge on any atom is -0.493 e. The Morgan fingerprint density at radius 1 is 1.25 bits per heavy atom. The van der Waals surface area contributed by atoms with E-state index in [1.807, 2.05) is 6.92 Å². The van der Waals surface area contributed by atoms with Crippen LogP contribution in [0.15, 0.2) is 30.3 Å². The van der Waals surface area contributed by atoms with Crippen LogP contribution in [-0.2, 0) is 0 Å². The van der Waals surface area contributed by atoms with Crippen LogP contribution in [0.2, 0.25) is 5.02 Å². The number of para-hydroxylation sites is 1. The second-order valence-electron chi connectivity index (χ2n) is 4.36. The van der Waals surface area contributed by atoms with Crippen LogP contribution in [-0.4, -0.2) is 18.0 Å². The summed E-state index contributed by atoms with van der Waals surface area (Å²) in [6.07, 6.45) is 0. The van der Waals surface area contributed by atoms with Crippen LogP contribution >= 0.6 is 11.6 Å². The number of amides is 1. The molecule has 104 valence electrons. The van der Waals surface area contributed by atoms with Crippen LogP contribution in [0.5, 0.6) is 5.75 Å². The van der Waals surface area contributed by atoms with Crippen molar-refractivity contribution in [2.24, 2.45) is 0 Å². The molecule has 0 unspecified atom stereocenters. The van der Waals surface area contributed by atoms with Gasteiger partial charge in [0, 0.05) is 5.69 Å². The highest BCUT2D eigenvalue weighted by Gasteiger charge is 2.14. The Morgan fingerprint density at radius 3 is 2.65 bits per heavy atom. The summed E-state index contributed by atoms with van der Waals surface area (Å²) in [7, 11) is 1.51. The molecule has 0 bridgehead atoms. The average molecular weight is 291 g/mol. The standard InChI is InChI=1S/C15H15ClN2O2/c1-9-7-8-11(10(2)17-9)15(19)18-13-6-4-5-12(16)14(13)20-3/h4-8H,1-3H3,(H,18,19). The molecule has 0 aliphatic rings. The van der Waals surface area contributed by atoms with Gasteiger partial charge in [-0.1, -0.05) is 17.7 Å². The fraction of sp³-hybridized carbons (Fsp3) is 0.200. The lowest BCUT2D eigenvalue weighted by Crippen LogP contribution is -2.15. The molecule has 0 saturated heterocycles. The molecule has 0 aliphatic carbocycles. The number of aryl methyl sites for hydroxylation is 2. The summed E-state index contributed by atoms with van der Waals surface area (Å²) < 4.78 is 5.20. The highest BCUT2D eigenvalue weighted by atomic mass is 35.5. The molecule has 1 aromatic carbocycles. The molecule has 1 aromatic heterocycles. The van der Waals surface area contributed by atoms with E-state index in [1.165, 1.54) is 7.11 Å². The van der Waals surface area contributed by atoms with E-state index in [0.717, 1.165) is 5.69 Å². The molecule has 0 atom stereocenters. The minimum absolute atomic E-state index is 0.240. The van der Waals surface area contributed by atoms with Gasteiger partial charge in [-0.25, -0.2) is 0 Å². The van der Waals surface area contributed by atoms with Crippen molar-refractivity contribution in [3.8, 4) is 5.75 Å². The molecule has 2 rings (SSSR count). The number of benzene rings is 1. The molecule has 5 heteroatoms. The Morgan fingerprint density at radius 2 is 2.00 bits per heavy atom. The molecular formula is C15H15ClN2O2. The number of nitrogens with one attached hydrogen (secondary N) is 1. The van der Waals surface area contributed by atoms with E-state index in [2.05, 4.69) is 10.3 Å². The lowest BCUT2D eigenvalue weighted by Gasteiger charge is -2.12. The topological polar surface area (TPSA) is 51.2 Å². The Kier molecular flexibility index (Phi) is 4.25. The predicted molar refractivity (Wildman–Crippen MR) is 79.7 cm³/mol. The molecule has 0 fully saturated rings. The largest absolute Gasteiger partial charge is 0.493 e. The number of carbonyl (C=O) groups is 1. The number of aromatic nitrogens is 1. The summed E-state index contributed by atoms with van der Waals surface area (Å²) >= 11 is 6.02. The van der Waals surface area contributed by atoms with Crippen molar-refractivity contribution in [1.82, 2.24) is 4.98 Å². The van der Waals surface area contributed by atoms with Gasteiger partial charge in [-0.2, -0.15) is 0 Å². The number of methoxy groups -OCH3 is 1. The zero-order valence-electron chi connectivity index (χ0n) is 11.5. The minimum atomic E-state index is -0.240. The molecule has 2 aromatic rings. The molecule has 1 amide bonds. The van der Waals surface area contributed by atoms with Crippen molar-refractivity contribution < 1.29 is 9.53 Å². The first-order chi connectivity index (χ1) is 9.52. The van der Waals surface area contributed by atoms with Gasteiger partial charge in [-0.05, 0) is 38.1 Å². The molecule has 4 nitrogen and oxygen atoms in total. The first-order valence-corrected chi connectivity index (χ1v) is 6.49. The van der Waals surface area contributed by atoms with Gasteiger partial charge in [0.25, 0.3) is 5.91 Å². The molecule has 1 heterocycles. The number of rotatable bonds is 3. The summed E-state index contributed by atoms with van der Waals surface area (Å²) in [5, 5.41) is 3.24. The molecule has 1 N–H and O–H groups in total. The lowest BCUT2D eigenvalue weighted by atomic mass is 10.1. The van der Waals surface area contributed by atoms with Gasteiger partial charge in [-0.3, -0.25) is 9.78 Å². The van der Waals surface area contributed by atoms with Gasteiger partial charge in [0.05, 0.1) is 29.1 Å². The highest BCUT2D eigenvalue weighted by molar-refractivity contribution is 6.32. The summed E-state index contributed by atoms with van der Waals surface area (Å²) in [5.41, 5.74) is 2.62. The van der Waals surface area contributed by atoms with Gasteiger partial charge in [0.15, 0.2) is 5.75 Å². The molecular weight excluding hydrogens is 276 g/mol. The first kappa shape index (κ1) is 14.3. The summed E-state index contributed by atoms with van der Waals surface area (Å²) in [6, 6.07) is 8.75. The number of pyridine rings is 1. The zero-order valence-corrected chi connectivity index (χ0v) is 12.3. The number of hydrogen-bond donors (Lipinski definition) is 1. The van der Waals surface area contributed by atoms with Gasteiger partial charge in [0.1, 0.15) is 0 Å². The summed E-state index contributed by atoms with van der Waals surface area (Å²) in [6.45, 7) is 3.69. The number of hydrogen-bond acceptors (Lipinski definition) is 3. The van der Waals surface area contributed by atoms with E-state index >= 15 is 0 Å². The molecule has 0 spiro atoms. The van der Waals surface area contributed by atoms with E-state index in [9.17, 15) is 4.79 Å². The van der Waals surface area contributed by atoms with E-state index < -0.39 is 0 Å². The maximum absolute atomic E-state index is 12.3. The van der Waals surface area contributed by atoms with Crippen LogP contribution in [0.25, 0.3) is 0 Å². The number of halogens is 1. The van der Waals surface area contributed by atoms with Crippen molar-refractivity contribution in [2.45, 2.75) is 13.8 Å². The number of nitrogens with zero attached hydrogens (tertiary/aromatic N) is 1. The van der Waals surface area contributed by atoms with Crippen LogP contribution in [0.1, 0.15) is 21.7 Å². The quantitative estimate of drug-likeness (QED) is 0.939. The summed E-state index contributed by atoms with van der Waals surface area (Å²) in [5.74, 6) is 0.204. The van der Waals surface area contributed by atoms with Gasteiger partial charge >= 0.3 is 0 Å². The normalized spacial score (nSPS) is 10.2. The fourth-order valence-corrected chi connectivity index (χ4v) is 2.18. The Hall–Kier alpha value is -2.07. The van der Waals surface area contributed by atoms with Gasteiger partial charge in [0.2, 0.25) is 0 Å². The molecule has 0 aliphatic heterocycles. The van der Waals surface area contributed by atoms with Crippen LogP contribution in [0, 0.1) is 13.8 Å². The van der Waals surface area contributed by atoms with Crippen molar-refractivity contribution in [2.75, 3.05) is 12.4 Å². The third-order valence-corrected chi connectivity index (χ3v) is 3.19. The second kappa shape index (κ2) is 5.92. The maximum atomic E-state index is 12.3. The molecule has 0 saturated carbocycles. The Bertz CT molecular complexity index is 656.